The summed E-state index contributed by atoms with van der Waals surface area (Å²) in [7, 11) is 0. The van der Waals surface area contributed by atoms with Gasteiger partial charge in [0.05, 0.1) is 0 Å². The van der Waals surface area contributed by atoms with Crippen LogP contribution in [-0.2, 0) is 13.0 Å². The smallest absolute Gasteiger partial charge is 0.160 e. The zero-order valence-corrected chi connectivity index (χ0v) is 12.0. The Morgan fingerprint density at radius 2 is 2.11 bits per heavy atom. The molecule has 2 aromatic rings. The number of imidazole rings is 1. The number of hydrogen-bond donors (Lipinski definition) is 1. The third-order valence-corrected chi connectivity index (χ3v) is 3.39. The monoisotopic (exact) mass is 260 g/mol. The van der Waals surface area contributed by atoms with Gasteiger partial charge in [0.2, 0.25) is 0 Å². The summed E-state index contributed by atoms with van der Waals surface area (Å²) in [4.78, 5) is 9.32. The SMILES string of the molecule is CCCCc1nc2cc(C)cnc2n1CCCCN. The van der Waals surface area contributed by atoms with Crippen molar-refractivity contribution >= 4 is 11.2 Å². The van der Waals surface area contributed by atoms with Gasteiger partial charge < -0.3 is 10.3 Å². The molecule has 0 fully saturated rings. The number of unbranched alkanes of at least 4 members (excludes halogenated alkanes) is 2. The van der Waals surface area contributed by atoms with Gasteiger partial charge in [-0.25, -0.2) is 9.97 Å². The number of fused-ring (bicyclic) bond motifs is 1. The van der Waals surface area contributed by atoms with Crippen LogP contribution in [0.2, 0.25) is 0 Å². The molecule has 4 nitrogen and oxygen atoms in total. The van der Waals surface area contributed by atoms with Crippen LogP contribution in [0.3, 0.4) is 0 Å². The van der Waals surface area contributed by atoms with Gasteiger partial charge in [-0.2, -0.15) is 0 Å². The molecule has 2 heterocycles. The highest BCUT2D eigenvalue weighted by atomic mass is 15.1. The zero-order chi connectivity index (χ0) is 13.7. The molecule has 19 heavy (non-hydrogen) atoms. The van der Waals surface area contributed by atoms with Gasteiger partial charge in [-0.3, -0.25) is 0 Å². The fourth-order valence-corrected chi connectivity index (χ4v) is 2.33. The minimum Gasteiger partial charge on any atom is -0.330 e. The van der Waals surface area contributed by atoms with Gasteiger partial charge >= 0.3 is 0 Å². The molecular weight excluding hydrogens is 236 g/mol. The zero-order valence-electron chi connectivity index (χ0n) is 12.0. The summed E-state index contributed by atoms with van der Waals surface area (Å²) < 4.78 is 2.28. The van der Waals surface area contributed by atoms with Gasteiger partial charge in [0.25, 0.3) is 0 Å². The molecule has 2 rings (SSSR count). The van der Waals surface area contributed by atoms with E-state index in [1.807, 2.05) is 6.20 Å². The molecule has 0 saturated carbocycles. The normalized spacial score (nSPS) is 11.3. The molecule has 0 aromatic carbocycles. The van der Waals surface area contributed by atoms with E-state index in [9.17, 15) is 0 Å². The number of nitrogens with zero attached hydrogens (tertiary/aromatic N) is 3. The highest BCUT2D eigenvalue weighted by molar-refractivity contribution is 5.72. The number of aryl methyl sites for hydroxylation is 3. The molecule has 0 amide bonds. The Morgan fingerprint density at radius 1 is 1.26 bits per heavy atom. The van der Waals surface area contributed by atoms with Crippen LogP contribution < -0.4 is 5.73 Å². The van der Waals surface area contributed by atoms with Crippen LogP contribution in [0.5, 0.6) is 0 Å². The second kappa shape index (κ2) is 6.66. The van der Waals surface area contributed by atoms with Crippen LogP contribution in [0.4, 0.5) is 0 Å². The summed E-state index contributed by atoms with van der Waals surface area (Å²) in [6, 6.07) is 2.12. The van der Waals surface area contributed by atoms with Crippen molar-refractivity contribution in [3.8, 4) is 0 Å². The van der Waals surface area contributed by atoms with E-state index in [0.717, 1.165) is 43.5 Å². The summed E-state index contributed by atoms with van der Waals surface area (Å²) in [5, 5.41) is 0. The van der Waals surface area contributed by atoms with E-state index in [4.69, 9.17) is 10.7 Å². The van der Waals surface area contributed by atoms with E-state index in [2.05, 4.69) is 29.5 Å². The molecule has 0 aliphatic carbocycles. The van der Waals surface area contributed by atoms with Crippen molar-refractivity contribution in [1.29, 1.82) is 0 Å². The Labute approximate surface area is 115 Å². The quantitative estimate of drug-likeness (QED) is 0.779. The lowest BCUT2D eigenvalue weighted by atomic mass is 10.2. The van der Waals surface area contributed by atoms with Crippen molar-refractivity contribution in [3.63, 3.8) is 0 Å². The molecule has 0 bridgehead atoms. The maximum atomic E-state index is 5.58. The van der Waals surface area contributed by atoms with Crippen LogP contribution in [0.1, 0.15) is 44.0 Å². The Hall–Kier alpha value is -1.42. The molecule has 0 aliphatic heterocycles. The number of hydrogen-bond acceptors (Lipinski definition) is 3. The van der Waals surface area contributed by atoms with E-state index in [1.165, 1.54) is 24.2 Å². The number of aromatic nitrogens is 3. The van der Waals surface area contributed by atoms with E-state index < -0.39 is 0 Å². The predicted octanol–water partition coefficient (Wildman–Crippen LogP) is 2.82. The standard InChI is InChI=1S/C15H24N4/c1-3-4-7-14-18-13-10-12(2)11-17-15(13)19(14)9-6-5-8-16/h10-11H,3-9,16H2,1-2H3. The van der Waals surface area contributed by atoms with Crippen molar-refractivity contribution < 1.29 is 0 Å². The van der Waals surface area contributed by atoms with Crippen LogP contribution >= 0.6 is 0 Å². The molecule has 0 spiro atoms. The van der Waals surface area contributed by atoms with Gasteiger partial charge in [0.15, 0.2) is 5.65 Å². The van der Waals surface area contributed by atoms with Crippen molar-refractivity contribution in [2.24, 2.45) is 5.73 Å². The van der Waals surface area contributed by atoms with Crippen LogP contribution in [0.25, 0.3) is 11.2 Å². The summed E-state index contributed by atoms with van der Waals surface area (Å²) in [5.41, 5.74) is 8.79. The predicted molar refractivity (Wildman–Crippen MR) is 79.2 cm³/mol. The molecule has 0 saturated heterocycles. The first-order valence-corrected chi connectivity index (χ1v) is 7.28. The van der Waals surface area contributed by atoms with Gasteiger partial charge in [0.1, 0.15) is 11.3 Å². The fourth-order valence-electron chi connectivity index (χ4n) is 2.33. The first kappa shape index (κ1) is 14.0. The number of nitrogens with two attached hydrogens (primary N) is 1. The highest BCUT2D eigenvalue weighted by Gasteiger charge is 2.11. The molecule has 2 N–H and O–H groups in total. The minimum atomic E-state index is 0.753. The van der Waals surface area contributed by atoms with Gasteiger partial charge in [-0.1, -0.05) is 13.3 Å². The van der Waals surface area contributed by atoms with Gasteiger partial charge in [0, 0.05) is 19.2 Å². The highest BCUT2D eigenvalue weighted by Crippen LogP contribution is 2.17. The summed E-state index contributed by atoms with van der Waals surface area (Å²) in [6.45, 7) is 6.00. The molecule has 104 valence electrons. The molecule has 2 aromatic heterocycles. The van der Waals surface area contributed by atoms with Crippen LogP contribution in [0, 0.1) is 6.92 Å². The maximum absolute atomic E-state index is 5.58. The van der Waals surface area contributed by atoms with Crippen molar-refractivity contribution in [3.05, 3.63) is 23.7 Å². The first-order chi connectivity index (χ1) is 9.26. The molecule has 4 heteroatoms. The van der Waals surface area contributed by atoms with Crippen molar-refractivity contribution in [2.75, 3.05) is 6.54 Å². The summed E-state index contributed by atoms with van der Waals surface area (Å²) >= 11 is 0. The number of pyridine rings is 1. The van der Waals surface area contributed by atoms with Crippen LogP contribution in [0.15, 0.2) is 12.3 Å². The first-order valence-electron chi connectivity index (χ1n) is 7.28. The van der Waals surface area contributed by atoms with E-state index in [1.54, 1.807) is 0 Å². The average Bonchev–Trinajstić information content (AvgIpc) is 2.74. The van der Waals surface area contributed by atoms with E-state index >= 15 is 0 Å². The molecule has 0 unspecified atom stereocenters. The Kier molecular flexibility index (Phi) is 4.91. The average molecular weight is 260 g/mol. The molecule has 0 radical (unpaired) electrons. The maximum Gasteiger partial charge on any atom is 0.160 e. The minimum absolute atomic E-state index is 0.753. The van der Waals surface area contributed by atoms with E-state index in [-0.39, 0.29) is 0 Å². The Morgan fingerprint density at radius 3 is 2.84 bits per heavy atom. The third-order valence-electron chi connectivity index (χ3n) is 3.39. The lowest BCUT2D eigenvalue weighted by Gasteiger charge is -2.07. The van der Waals surface area contributed by atoms with E-state index in [0.29, 0.717) is 0 Å². The Bertz CT molecular complexity index is 530. The van der Waals surface area contributed by atoms with Crippen molar-refractivity contribution in [1.82, 2.24) is 14.5 Å². The Balaban J connectivity index is 2.31. The van der Waals surface area contributed by atoms with Gasteiger partial charge in [-0.05, 0) is 44.4 Å². The largest absolute Gasteiger partial charge is 0.330 e. The molecule has 0 atom stereocenters. The lowest BCUT2D eigenvalue weighted by molar-refractivity contribution is 0.589. The lowest BCUT2D eigenvalue weighted by Crippen LogP contribution is -2.07. The summed E-state index contributed by atoms with van der Waals surface area (Å²) in [6.07, 6.45) is 7.48. The molecule has 0 aliphatic rings. The topological polar surface area (TPSA) is 56.7 Å². The third kappa shape index (κ3) is 3.32. The number of rotatable bonds is 7. The van der Waals surface area contributed by atoms with Gasteiger partial charge in [-0.15, -0.1) is 0 Å². The van der Waals surface area contributed by atoms with Crippen LogP contribution in [-0.4, -0.2) is 21.1 Å². The molecular formula is C15H24N4. The fraction of sp³-hybridized carbons (Fsp3) is 0.600. The summed E-state index contributed by atoms with van der Waals surface area (Å²) in [5.74, 6) is 1.17. The second-order valence-electron chi connectivity index (χ2n) is 5.13. The van der Waals surface area contributed by atoms with Crippen molar-refractivity contribution in [2.45, 2.75) is 52.5 Å². The second-order valence-corrected chi connectivity index (χ2v) is 5.13.